The van der Waals surface area contributed by atoms with Crippen LogP contribution in [0.4, 0.5) is 11.4 Å². The van der Waals surface area contributed by atoms with Crippen molar-refractivity contribution in [3.63, 3.8) is 0 Å². The average Bonchev–Trinajstić information content (AvgIpc) is 2.51. The van der Waals surface area contributed by atoms with Crippen LogP contribution in [0.1, 0.15) is 19.8 Å². The Bertz CT molecular complexity index is 607. The summed E-state index contributed by atoms with van der Waals surface area (Å²) in [6.07, 6.45) is 4.01. The summed E-state index contributed by atoms with van der Waals surface area (Å²) in [5.41, 5.74) is 7.56. The van der Waals surface area contributed by atoms with Crippen LogP contribution in [-0.2, 0) is 6.54 Å². The van der Waals surface area contributed by atoms with Crippen LogP contribution in [0.2, 0.25) is 0 Å². The molecule has 0 aliphatic heterocycles. The van der Waals surface area contributed by atoms with Gasteiger partial charge in [-0.05, 0) is 24.6 Å². The number of anilines is 2. The van der Waals surface area contributed by atoms with Crippen LogP contribution in [0, 0.1) is 0 Å². The van der Waals surface area contributed by atoms with Gasteiger partial charge < -0.3 is 15.2 Å². The molecule has 1 heterocycles. The zero-order valence-electron chi connectivity index (χ0n) is 12.5. The van der Waals surface area contributed by atoms with Crippen molar-refractivity contribution in [2.75, 3.05) is 23.7 Å². The summed E-state index contributed by atoms with van der Waals surface area (Å²) in [4.78, 5) is 14.1. The van der Waals surface area contributed by atoms with E-state index >= 15 is 0 Å². The van der Waals surface area contributed by atoms with Crippen molar-refractivity contribution in [2.24, 2.45) is 0 Å². The molecule has 0 fully saturated rings. The van der Waals surface area contributed by atoms with Crippen molar-refractivity contribution in [1.82, 2.24) is 4.57 Å². The summed E-state index contributed by atoms with van der Waals surface area (Å²) >= 11 is 0. The SMILES string of the molecule is CCCCN(CCn1cc(N)ccc1=O)c1ccccc1. The van der Waals surface area contributed by atoms with Crippen LogP contribution in [-0.4, -0.2) is 17.7 Å². The lowest BCUT2D eigenvalue weighted by Crippen LogP contribution is -2.31. The van der Waals surface area contributed by atoms with E-state index in [2.05, 4.69) is 24.0 Å². The van der Waals surface area contributed by atoms with Crippen LogP contribution < -0.4 is 16.2 Å². The highest BCUT2D eigenvalue weighted by Gasteiger charge is 2.06. The molecule has 0 amide bonds. The molecule has 0 saturated heterocycles. The summed E-state index contributed by atoms with van der Waals surface area (Å²) in [5.74, 6) is 0. The fraction of sp³-hybridized carbons (Fsp3) is 0.353. The first-order chi connectivity index (χ1) is 10.2. The van der Waals surface area contributed by atoms with E-state index in [1.165, 1.54) is 11.8 Å². The fourth-order valence-electron chi connectivity index (χ4n) is 2.31. The summed E-state index contributed by atoms with van der Waals surface area (Å²) < 4.78 is 1.68. The lowest BCUT2D eigenvalue weighted by molar-refractivity contribution is 0.623. The largest absolute Gasteiger partial charge is 0.398 e. The van der Waals surface area contributed by atoms with E-state index in [1.54, 1.807) is 16.8 Å². The van der Waals surface area contributed by atoms with E-state index in [9.17, 15) is 4.79 Å². The zero-order valence-corrected chi connectivity index (χ0v) is 12.5. The van der Waals surface area contributed by atoms with Crippen molar-refractivity contribution in [3.05, 3.63) is 59.0 Å². The van der Waals surface area contributed by atoms with E-state index in [0.717, 1.165) is 25.9 Å². The van der Waals surface area contributed by atoms with E-state index in [4.69, 9.17) is 5.73 Å². The van der Waals surface area contributed by atoms with Crippen LogP contribution in [0.5, 0.6) is 0 Å². The van der Waals surface area contributed by atoms with Gasteiger partial charge in [-0.2, -0.15) is 0 Å². The number of rotatable bonds is 7. The molecule has 2 rings (SSSR count). The number of aromatic nitrogens is 1. The molecule has 0 bridgehead atoms. The van der Waals surface area contributed by atoms with Gasteiger partial charge in [-0.25, -0.2) is 0 Å². The third-order valence-electron chi connectivity index (χ3n) is 3.52. The number of nitrogens with two attached hydrogens (primary N) is 1. The molecule has 0 aliphatic carbocycles. The van der Waals surface area contributed by atoms with Gasteiger partial charge in [0, 0.05) is 43.3 Å². The van der Waals surface area contributed by atoms with Gasteiger partial charge in [0.05, 0.1) is 0 Å². The average molecular weight is 285 g/mol. The Balaban J connectivity index is 2.08. The highest BCUT2D eigenvalue weighted by atomic mass is 16.1. The summed E-state index contributed by atoms with van der Waals surface area (Å²) in [6.45, 7) is 4.62. The monoisotopic (exact) mass is 285 g/mol. The molecule has 0 spiro atoms. The Morgan fingerprint density at radius 1 is 1.10 bits per heavy atom. The fourth-order valence-corrected chi connectivity index (χ4v) is 2.31. The molecule has 2 N–H and O–H groups in total. The molecule has 4 nitrogen and oxygen atoms in total. The van der Waals surface area contributed by atoms with Gasteiger partial charge in [0.15, 0.2) is 0 Å². The first-order valence-electron chi connectivity index (χ1n) is 7.46. The van der Waals surface area contributed by atoms with E-state index in [-0.39, 0.29) is 5.56 Å². The van der Waals surface area contributed by atoms with Crippen molar-refractivity contribution < 1.29 is 0 Å². The van der Waals surface area contributed by atoms with Gasteiger partial charge >= 0.3 is 0 Å². The molecule has 21 heavy (non-hydrogen) atoms. The molecular formula is C17H23N3O. The highest BCUT2D eigenvalue weighted by molar-refractivity contribution is 5.45. The maximum Gasteiger partial charge on any atom is 0.250 e. The third-order valence-corrected chi connectivity index (χ3v) is 3.52. The summed E-state index contributed by atoms with van der Waals surface area (Å²) in [7, 11) is 0. The van der Waals surface area contributed by atoms with E-state index < -0.39 is 0 Å². The first kappa shape index (κ1) is 15.2. The van der Waals surface area contributed by atoms with Crippen molar-refractivity contribution in [1.29, 1.82) is 0 Å². The number of nitrogen functional groups attached to an aromatic ring is 1. The minimum absolute atomic E-state index is 0.00676. The first-order valence-corrected chi connectivity index (χ1v) is 7.46. The van der Waals surface area contributed by atoms with Gasteiger partial charge in [-0.1, -0.05) is 31.5 Å². The molecule has 112 valence electrons. The van der Waals surface area contributed by atoms with Gasteiger partial charge in [-0.15, -0.1) is 0 Å². The Hall–Kier alpha value is -2.23. The van der Waals surface area contributed by atoms with E-state index in [0.29, 0.717) is 12.2 Å². The number of hydrogen-bond donors (Lipinski definition) is 1. The second-order valence-corrected chi connectivity index (χ2v) is 5.17. The number of benzene rings is 1. The number of para-hydroxylation sites is 1. The molecule has 0 radical (unpaired) electrons. The number of nitrogens with zero attached hydrogens (tertiary/aromatic N) is 2. The third kappa shape index (κ3) is 4.38. The second-order valence-electron chi connectivity index (χ2n) is 5.17. The zero-order chi connectivity index (χ0) is 15.1. The van der Waals surface area contributed by atoms with Crippen LogP contribution in [0.15, 0.2) is 53.5 Å². The number of unbranched alkanes of at least 4 members (excludes halogenated alkanes) is 1. The van der Waals surface area contributed by atoms with Crippen molar-refractivity contribution in [3.8, 4) is 0 Å². The molecule has 0 unspecified atom stereocenters. The lowest BCUT2D eigenvalue weighted by Gasteiger charge is -2.25. The predicted molar refractivity (Wildman–Crippen MR) is 88.7 cm³/mol. The molecular weight excluding hydrogens is 262 g/mol. The minimum atomic E-state index is -0.00676. The smallest absolute Gasteiger partial charge is 0.250 e. The molecule has 4 heteroatoms. The second kappa shape index (κ2) is 7.53. The minimum Gasteiger partial charge on any atom is -0.398 e. The highest BCUT2D eigenvalue weighted by Crippen LogP contribution is 2.14. The Morgan fingerprint density at radius 3 is 2.57 bits per heavy atom. The van der Waals surface area contributed by atoms with Crippen LogP contribution >= 0.6 is 0 Å². The summed E-state index contributed by atoms with van der Waals surface area (Å²) in [5, 5.41) is 0. The Kier molecular flexibility index (Phi) is 5.43. The maximum atomic E-state index is 11.8. The quantitative estimate of drug-likeness (QED) is 0.851. The molecule has 1 aromatic heterocycles. The number of hydrogen-bond acceptors (Lipinski definition) is 3. The van der Waals surface area contributed by atoms with Gasteiger partial charge in [0.2, 0.25) is 0 Å². The van der Waals surface area contributed by atoms with E-state index in [1.807, 2.05) is 18.2 Å². The standard InChI is InChI=1S/C17H23N3O/c1-2-3-11-19(16-7-5-4-6-8-16)12-13-20-14-15(18)9-10-17(20)21/h4-10,14H,2-3,11-13,18H2,1H3. The number of pyridine rings is 1. The summed E-state index contributed by atoms with van der Waals surface area (Å²) in [6, 6.07) is 13.5. The molecule has 0 saturated carbocycles. The molecule has 2 aromatic rings. The predicted octanol–water partition coefficient (Wildman–Crippen LogP) is 2.74. The van der Waals surface area contributed by atoms with Crippen LogP contribution in [0.3, 0.4) is 0 Å². The van der Waals surface area contributed by atoms with Gasteiger partial charge in [0.1, 0.15) is 0 Å². The van der Waals surface area contributed by atoms with Gasteiger partial charge in [-0.3, -0.25) is 4.79 Å². The Labute approximate surface area is 125 Å². The maximum absolute atomic E-state index is 11.8. The molecule has 0 aliphatic rings. The van der Waals surface area contributed by atoms with Gasteiger partial charge in [0.25, 0.3) is 5.56 Å². The normalized spacial score (nSPS) is 10.5. The molecule has 1 aromatic carbocycles. The Morgan fingerprint density at radius 2 is 1.86 bits per heavy atom. The topological polar surface area (TPSA) is 51.3 Å². The lowest BCUT2D eigenvalue weighted by atomic mass is 10.2. The molecule has 0 atom stereocenters. The van der Waals surface area contributed by atoms with Crippen LogP contribution in [0.25, 0.3) is 0 Å². The van der Waals surface area contributed by atoms with Crippen molar-refractivity contribution in [2.45, 2.75) is 26.3 Å². The van der Waals surface area contributed by atoms with Crippen molar-refractivity contribution >= 4 is 11.4 Å².